The molecule has 0 saturated carbocycles. The summed E-state index contributed by atoms with van der Waals surface area (Å²) in [5.74, 6) is -1.28. The Balaban J connectivity index is 1.87. The van der Waals surface area contributed by atoms with Gasteiger partial charge in [0, 0.05) is 25.2 Å². The smallest absolute Gasteiger partial charge is 0.332 e. The fourth-order valence-corrected chi connectivity index (χ4v) is 2.08. The molecule has 0 saturated heterocycles. The third-order valence-corrected chi connectivity index (χ3v) is 3.11. The van der Waals surface area contributed by atoms with Crippen molar-refractivity contribution >= 4 is 17.7 Å². The molecular formula is C13H16N2O4. The number of benzene rings is 1. The van der Waals surface area contributed by atoms with Crippen LogP contribution in [0.2, 0.25) is 0 Å². The highest BCUT2D eigenvalue weighted by molar-refractivity contribution is 5.94. The van der Waals surface area contributed by atoms with Crippen molar-refractivity contribution in [3.8, 4) is 0 Å². The normalized spacial score (nSPS) is 14.9. The zero-order valence-corrected chi connectivity index (χ0v) is 10.4. The van der Waals surface area contributed by atoms with E-state index in [2.05, 4.69) is 5.32 Å². The van der Waals surface area contributed by atoms with Gasteiger partial charge in [0.2, 0.25) is 0 Å². The van der Waals surface area contributed by atoms with E-state index in [1.54, 1.807) is 4.90 Å². The van der Waals surface area contributed by atoms with E-state index in [0.717, 1.165) is 17.7 Å². The molecule has 2 rings (SSSR count). The molecule has 1 aliphatic rings. The number of nitrogens with one attached hydrogen (secondary N) is 1. The number of hydrogen-bond acceptors (Lipinski definition) is 3. The summed E-state index contributed by atoms with van der Waals surface area (Å²) in [7, 11) is 0. The van der Waals surface area contributed by atoms with Gasteiger partial charge in [0.25, 0.3) is 0 Å². The van der Waals surface area contributed by atoms with Crippen LogP contribution in [0.25, 0.3) is 0 Å². The van der Waals surface area contributed by atoms with Crippen molar-refractivity contribution in [2.45, 2.75) is 18.9 Å². The molecule has 1 atom stereocenters. The van der Waals surface area contributed by atoms with Gasteiger partial charge in [0.1, 0.15) is 0 Å². The van der Waals surface area contributed by atoms with Gasteiger partial charge in [-0.25, -0.2) is 9.59 Å². The van der Waals surface area contributed by atoms with Crippen LogP contribution in [0, 0.1) is 0 Å². The average Bonchev–Trinajstić information content (AvgIpc) is 2.82. The highest BCUT2D eigenvalue weighted by Gasteiger charge is 2.24. The first-order valence-corrected chi connectivity index (χ1v) is 6.13. The average molecular weight is 264 g/mol. The van der Waals surface area contributed by atoms with Crippen molar-refractivity contribution in [3.63, 3.8) is 0 Å². The second-order valence-electron chi connectivity index (χ2n) is 4.40. The fraction of sp³-hybridized carbons (Fsp3) is 0.385. The molecule has 0 bridgehead atoms. The minimum Gasteiger partial charge on any atom is -0.479 e. The van der Waals surface area contributed by atoms with Gasteiger partial charge >= 0.3 is 12.0 Å². The molecule has 0 spiro atoms. The lowest BCUT2D eigenvalue weighted by atomic mass is 10.2. The molecule has 102 valence electrons. The predicted octanol–water partition coefficient (Wildman–Crippen LogP) is 0.594. The Bertz CT molecular complexity index is 489. The van der Waals surface area contributed by atoms with Crippen LogP contribution >= 0.6 is 0 Å². The minimum atomic E-state index is -1.44. The van der Waals surface area contributed by atoms with E-state index in [0.29, 0.717) is 6.54 Å². The van der Waals surface area contributed by atoms with Crippen LogP contribution < -0.4 is 10.2 Å². The van der Waals surface area contributed by atoms with Crippen molar-refractivity contribution < 1.29 is 19.8 Å². The van der Waals surface area contributed by atoms with Gasteiger partial charge < -0.3 is 15.5 Å². The second kappa shape index (κ2) is 5.71. The van der Waals surface area contributed by atoms with Crippen molar-refractivity contribution in [1.29, 1.82) is 0 Å². The summed E-state index contributed by atoms with van der Waals surface area (Å²) in [5, 5.41) is 20.2. The maximum Gasteiger partial charge on any atom is 0.332 e. The summed E-state index contributed by atoms with van der Waals surface area (Å²) < 4.78 is 0. The third kappa shape index (κ3) is 3.03. The fourth-order valence-electron chi connectivity index (χ4n) is 2.08. The van der Waals surface area contributed by atoms with Crippen LogP contribution in [0.15, 0.2) is 24.3 Å². The van der Waals surface area contributed by atoms with Gasteiger partial charge in [-0.2, -0.15) is 0 Å². The van der Waals surface area contributed by atoms with Crippen LogP contribution in [0.1, 0.15) is 12.0 Å². The van der Waals surface area contributed by atoms with Gasteiger partial charge in [-0.1, -0.05) is 18.2 Å². The zero-order valence-electron chi connectivity index (χ0n) is 10.4. The van der Waals surface area contributed by atoms with E-state index < -0.39 is 12.1 Å². The quantitative estimate of drug-likeness (QED) is 0.742. The number of nitrogens with zero attached hydrogens (tertiary/aromatic N) is 1. The number of carboxylic acids is 1. The van der Waals surface area contributed by atoms with E-state index in [1.165, 1.54) is 0 Å². The highest BCUT2D eigenvalue weighted by Crippen LogP contribution is 2.27. The van der Waals surface area contributed by atoms with Crippen LogP contribution in [0.4, 0.5) is 10.5 Å². The number of carboxylic acid groups (broad SMARTS) is 1. The van der Waals surface area contributed by atoms with E-state index in [-0.39, 0.29) is 19.0 Å². The topological polar surface area (TPSA) is 89.9 Å². The lowest BCUT2D eigenvalue weighted by Crippen LogP contribution is -2.40. The van der Waals surface area contributed by atoms with Crippen LogP contribution in [-0.4, -0.2) is 41.4 Å². The molecule has 0 radical (unpaired) electrons. The van der Waals surface area contributed by atoms with Crippen molar-refractivity contribution in [1.82, 2.24) is 5.32 Å². The maximum absolute atomic E-state index is 11.9. The molecule has 1 aromatic rings. The Labute approximate surface area is 110 Å². The summed E-state index contributed by atoms with van der Waals surface area (Å²) in [4.78, 5) is 24.0. The van der Waals surface area contributed by atoms with E-state index in [9.17, 15) is 9.59 Å². The molecule has 1 heterocycles. The molecule has 1 unspecified atom stereocenters. The summed E-state index contributed by atoms with van der Waals surface area (Å²) in [6.45, 7) is 0.748. The third-order valence-electron chi connectivity index (χ3n) is 3.11. The lowest BCUT2D eigenvalue weighted by Gasteiger charge is -2.18. The highest BCUT2D eigenvalue weighted by atomic mass is 16.4. The van der Waals surface area contributed by atoms with Gasteiger partial charge in [-0.3, -0.25) is 4.90 Å². The van der Waals surface area contributed by atoms with Gasteiger partial charge in [-0.05, 0) is 18.1 Å². The number of urea groups is 1. The molecule has 6 nitrogen and oxygen atoms in total. The summed E-state index contributed by atoms with van der Waals surface area (Å²) >= 11 is 0. The van der Waals surface area contributed by atoms with Gasteiger partial charge in [0.05, 0.1) is 0 Å². The lowest BCUT2D eigenvalue weighted by molar-refractivity contribution is -0.146. The Morgan fingerprint density at radius 2 is 2.11 bits per heavy atom. The van der Waals surface area contributed by atoms with E-state index >= 15 is 0 Å². The number of aliphatic hydroxyl groups excluding tert-OH is 1. The molecule has 3 N–H and O–H groups in total. The predicted molar refractivity (Wildman–Crippen MR) is 69.2 cm³/mol. The first-order chi connectivity index (χ1) is 9.09. The van der Waals surface area contributed by atoms with Crippen molar-refractivity contribution in [3.05, 3.63) is 29.8 Å². The molecule has 2 amide bonds. The first kappa shape index (κ1) is 13.4. The number of amides is 2. The Kier molecular flexibility index (Phi) is 4.01. The number of rotatable bonds is 4. The second-order valence-corrected chi connectivity index (χ2v) is 4.40. The number of fused-ring (bicyclic) bond motifs is 1. The molecule has 0 fully saturated rings. The number of hydrogen-bond donors (Lipinski definition) is 3. The van der Waals surface area contributed by atoms with Crippen LogP contribution in [-0.2, 0) is 11.2 Å². The van der Waals surface area contributed by atoms with Crippen molar-refractivity contribution in [2.24, 2.45) is 0 Å². The Morgan fingerprint density at radius 1 is 1.37 bits per heavy atom. The summed E-state index contributed by atoms with van der Waals surface area (Å²) in [6.07, 6.45) is -0.621. The van der Waals surface area contributed by atoms with Crippen LogP contribution in [0.3, 0.4) is 0 Å². The number of aliphatic carboxylic acids is 1. The van der Waals surface area contributed by atoms with Crippen LogP contribution in [0.5, 0.6) is 0 Å². The van der Waals surface area contributed by atoms with E-state index in [4.69, 9.17) is 10.2 Å². The standard InChI is InChI=1S/C13H16N2O4/c16-11(12(17)18)5-7-14-13(19)15-8-6-9-3-1-2-4-10(9)15/h1-4,11,16H,5-8H2,(H,14,19)(H,17,18). The van der Waals surface area contributed by atoms with E-state index in [1.807, 2.05) is 24.3 Å². The number of anilines is 1. The zero-order chi connectivity index (χ0) is 13.8. The number of para-hydroxylation sites is 1. The monoisotopic (exact) mass is 264 g/mol. The molecule has 6 heteroatoms. The number of aliphatic hydroxyl groups is 1. The maximum atomic E-state index is 11.9. The first-order valence-electron chi connectivity index (χ1n) is 6.13. The summed E-state index contributed by atoms with van der Waals surface area (Å²) in [5.41, 5.74) is 2.02. The molecule has 1 aliphatic heterocycles. The molecular weight excluding hydrogens is 248 g/mol. The van der Waals surface area contributed by atoms with Gasteiger partial charge in [0.15, 0.2) is 6.10 Å². The summed E-state index contributed by atoms with van der Waals surface area (Å²) in [6, 6.07) is 7.41. The molecule has 1 aromatic carbocycles. The minimum absolute atomic E-state index is 0.00341. The SMILES string of the molecule is O=C(O)C(O)CCNC(=O)N1CCc2ccccc21. The number of carbonyl (C=O) groups excluding carboxylic acids is 1. The Morgan fingerprint density at radius 3 is 2.84 bits per heavy atom. The Hall–Kier alpha value is -2.08. The molecule has 0 aliphatic carbocycles. The number of carbonyl (C=O) groups is 2. The molecule has 0 aromatic heterocycles. The van der Waals surface area contributed by atoms with Gasteiger partial charge in [-0.15, -0.1) is 0 Å². The largest absolute Gasteiger partial charge is 0.479 e. The molecule has 19 heavy (non-hydrogen) atoms. The van der Waals surface area contributed by atoms with Crippen molar-refractivity contribution in [2.75, 3.05) is 18.0 Å².